The van der Waals surface area contributed by atoms with Crippen molar-refractivity contribution in [1.29, 1.82) is 0 Å². The van der Waals surface area contributed by atoms with Crippen LogP contribution in [0.5, 0.6) is 0 Å². The maximum absolute atomic E-state index is 13.1. The second kappa shape index (κ2) is 9.93. The van der Waals surface area contributed by atoms with Crippen molar-refractivity contribution in [1.82, 2.24) is 14.8 Å². The first kappa shape index (κ1) is 22.6. The van der Waals surface area contributed by atoms with Crippen LogP contribution in [-0.2, 0) is 19.1 Å². The zero-order valence-electron chi connectivity index (χ0n) is 18.3. The molecule has 9 nitrogen and oxygen atoms in total. The Balaban J connectivity index is 1.72. The summed E-state index contributed by atoms with van der Waals surface area (Å²) in [6, 6.07) is 8.87. The van der Waals surface area contributed by atoms with Crippen LogP contribution in [0.2, 0.25) is 0 Å². The van der Waals surface area contributed by atoms with Gasteiger partial charge < -0.3 is 19.5 Å². The highest BCUT2D eigenvalue weighted by atomic mass is 16.5. The molecule has 2 aromatic rings. The van der Waals surface area contributed by atoms with Crippen LogP contribution >= 0.6 is 0 Å². The molecule has 1 aromatic heterocycles. The third-order valence-electron chi connectivity index (χ3n) is 5.90. The summed E-state index contributed by atoms with van der Waals surface area (Å²) in [5.41, 5.74) is 1.37. The minimum atomic E-state index is -0.786. The highest BCUT2D eigenvalue weighted by molar-refractivity contribution is 6.46. The Morgan fingerprint density at radius 2 is 1.73 bits per heavy atom. The Morgan fingerprint density at radius 3 is 2.36 bits per heavy atom. The Hall–Kier alpha value is -3.56. The van der Waals surface area contributed by atoms with Gasteiger partial charge in [-0.25, -0.2) is 4.79 Å². The van der Waals surface area contributed by atoms with E-state index >= 15 is 0 Å². The van der Waals surface area contributed by atoms with Crippen molar-refractivity contribution in [2.75, 3.05) is 46.5 Å². The second-order valence-corrected chi connectivity index (χ2v) is 7.80. The van der Waals surface area contributed by atoms with Crippen LogP contribution in [0.4, 0.5) is 0 Å². The molecular weight excluding hydrogens is 426 g/mol. The molecule has 1 aromatic carbocycles. The van der Waals surface area contributed by atoms with Crippen molar-refractivity contribution in [3.63, 3.8) is 0 Å². The number of amides is 1. The minimum Gasteiger partial charge on any atom is -0.507 e. The van der Waals surface area contributed by atoms with Gasteiger partial charge in [0.2, 0.25) is 0 Å². The summed E-state index contributed by atoms with van der Waals surface area (Å²) in [6.45, 7) is 3.63. The summed E-state index contributed by atoms with van der Waals surface area (Å²) in [6.07, 6.45) is 3.01. The molecule has 33 heavy (non-hydrogen) atoms. The number of aliphatic hydroxyl groups excluding tert-OH is 1. The fraction of sp³-hybridized carbons (Fsp3) is 0.333. The van der Waals surface area contributed by atoms with Crippen LogP contribution in [0.3, 0.4) is 0 Å². The predicted octanol–water partition coefficient (Wildman–Crippen LogP) is 1.62. The van der Waals surface area contributed by atoms with E-state index in [0.29, 0.717) is 43.0 Å². The number of nitrogens with zero attached hydrogens (tertiary/aromatic N) is 3. The number of esters is 1. The minimum absolute atomic E-state index is 0.0130. The van der Waals surface area contributed by atoms with Gasteiger partial charge >= 0.3 is 5.97 Å². The summed E-state index contributed by atoms with van der Waals surface area (Å²) in [5.74, 6) is -2.15. The number of methoxy groups -OCH3 is 1. The summed E-state index contributed by atoms with van der Waals surface area (Å²) < 4.78 is 10.1. The number of hydrogen-bond acceptors (Lipinski definition) is 8. The first-order chi connectivity index (χ1) is 16.0. The molecule has 1 amide bonds. The molecule has 2 saturated heterocycles. The number of benzene rings is 1. The van der Waals surface area contributed by atoms with Gasteiger partial charge in [0.05, 0.1) is 37.5 Å². The molecule has 2 aliphatic heterocycles. The van der Waals surface area contributed by atoms with Crippen LogP contribution in [0.15, 0.2) is 54.4 Å². The van der Waals surface area contributed by atoms with E-state index in [1.807, 2.05) is 0 Å². The van der Waals surface area contributed by atoms with Crippen molar-refractivity contribution >= 4 is 23.4 Å². The van der Waals surface area contributed by atoms with E-state index in [2.05, 4.69) is 9.88 Å². The monoisotopic (exact) mass is 451 g/mol. The largest absolute Gasteiger partial charge is 0.507 e. The number of ketones is 1. The van der Waals surface area contributed by atoms with Gasteiger partial charge in [-0.3, -0.25) is 19.5 Å². The van der Waals surface area contributed by atoms with Crippen molar-refractivity contribution in [2.24, 2.45) is 0 Å². The lowest BCUT2D eigenvalue weighted by Crippen LogP contribution is -2.42. The molecule has 0 spiro atoms. The first-order valence-electron chi connectivity index (χ1n) is 10.7. The first-order valence-corrected chi connectivity index (χ1v) is 10.7. The quantitative estimate of drug-likeness (QED) is 0.305. The number of rotatable bonds is 6. The number of hydrogen-bond donors (Lipinski definition) is 1. The van der Waals surface area contributed by atoms with Crippen LogP contribution < -0.4 is 0 Å². The Labute approximate surface area is 191 Å². The van der Waals surface area contributed by atoms with Gasteiger partial charge in [-0.1, -0.05) is 12.1 Å². The second-order valence-electron chi connectivity index (χ2n) is 7.80. The molecule has 0 bridgehead atoms. The van der Waals surface area contributed by atoms with Gasteiger partial charge in [-0.2, -0.15) is 0 Å². The van der Waals surface area contributed by atoms with E-state index in [1.54, 1.807) is 36.4 Å². The summed E-state index contributed by atoms with van der Waals surface area (Å²) >= 11 is 0. The molecule has 4 rings (SSSR count). The molecule has 3 heterocycles. The van der Waals surface area contributed by atoms with Crippen molar-refractivity contribution < 1.29 is 29.0 Å². The number of aliphatic hydroxyl groups is 1. The van der Waals surface area contributed by atoms with Gasteiger partial charge in [0.25, 0.3) is 11.7 Å². The Kier molecular flexibility index (Phi) is 6.81. The number of aromatic nitrogens is 1. The molecule has 1 N–H and O–H groups in total. The zero-order chi connectivity index (χ0) is 23.4. The predicted molar refractivity (Wildman–Crippen MR) is 118 cm³/mol. The zero-order valence-corrected chi connectivity index (χ0v) is 18.3. The fourth-order valence-electron chi connectivity index (χ4n) is 4.12. The highest BCUT2D eigenvalue weighted by Gasteiger charge is 2.46. The molecule has 9 heteroatoms. The number of pyridine rings is 1. The molecule has 2 fully saturated rings. The number of ether oxygens (including phenoxy) is 2. The van der Waals surface area contributed by atoms with Crippen molar-refractivity contribution in [2.45, 2.75) is 6.04 Å². The van der Waals surface area contributed by atoms with E-state index in [4.69, 9.17) is 9.47 Å². The molecule has 172 valence electrons. The Morgan fingerprint density at radius 1 is 1.06 bits per heavy atom. The van der Waals surface area contributed by atoms with Gasteiger partial charge in [-0.15, -0.1) is 0 Å². The number of carbonyl (C=O) groups is 3. The van der Waals surface area contributed by atoms with E-state index in [1.165, 1.54) is 24.4 Å². The van der Waals surface area contributed by atoms with E-state index in [0.717, 1.165) is 13.1 Å². The van der Waals surface area contributed by atoms with Gasteiger partial charge in [0.1, 0.15) is 5.76 Å². The summed E-state index contributed by atoms with van der Waals surface area (Å²) in [5, 5.41) is 11.0. The molecule has 2 aliphatic rings. The summed E-state index contributed by atoms with van der Waals surface area (Å²) in [4.78, 5) is 45.5. The lowest BCUT2D eigenvalue weighted by atomic mass is 9.95. The third kappa shape index (κ3) is 4.64. The SMILES string of the molecule is COC(=O)c1ccc(C2/C(=C(\O)c3ccncc3)C(=O)C(=O)N2CCN2CCOCC2)cc1. The molecule has 0 aliphatic carbocycles. The highest BCUT2D eigenvalue weighted by Crippen LogP contribution is 2.39. The number of likely N-dealkylation sites (tertiary alicyclic amines) is 1. The van der Waals surface area contributed by atoms with Gasteiger partial charge in [0, 0.05) is 44.1 Å². The molecular formula is C24H25N3O6. The normalized spacial score (nSPS) is 20.8. The maximum atomic E-state index is 13.1. The van der Waals surface area contributed by atoms with Gasteiger partial charge in [-0.05, 0) is 29.8 Å². The van der Waals surface area contributed by atoms with Crippen LogP contribution in [0.1, 0.15) is 27.5 Å². The lowest BCUT2D eigenvalue weighted by molar-refractivity contribution is -0.140. The average molecular weight is 451 g/mol. The Bertz CT molecular complexity index is 1060. The fourth-order valence-corrected chi connectivity index (χ4v) is 4.12. The van der Waals surface area contributed by atoms with E-state index < -0.39 is 23.7 Å². The molecule has 1 atom stereocenters. The average Bonchev–Trinajstić information content (AvgIpc) is 3.12. The van der Waals surface area contributed by atoms with Crippen molar-refractivity contribution in [3.05, 3.63) is 71.1 Å². The topological polar surface area (TPSA) is 109 Å². The molecule has 0 radical (unpaired) electrons. The van der Waals surface area contributed by atoms with Crippen LogP contribution in [-0.4, -0.2) is 84.1 Å². The number of morpholine rings is 1. The maximum Gasteiger partial charge on any atom is 0.337 e. The summed E-state index contributed by atoms with van der Waals surface area (Å²) in [7, 11) is 1.30. The number of Topliss-reactive ketones (excluding diaryl/α,β-unsaturated/α-hetero) is 1. The molecule has 0 saturated carbocycles. The molecule has 1 unspecified atom stereocenters. The van der Waals surface area contributed by atoms with E-state index in [9.17, 15) is 19.5 Å². The van der Waals surface area contributed by atoms with Gasteiger partial charge in [0.15, 0.2) is 0 Å². The lowest BCUT2D eigenvalue weighted by Gasteiger charge is -2.31. The number of carbonyl (C=O) groups excluding carboxylic acids is 3. The van der Waals surface area contributed by atoms with Crippen LogP contribution in [0, 0.1) is 0 Å². The smallest absolute Gasteiger partial charge is 0.337 e. The van der Waals surface area contributed by atoms with Crippen LogP contribution in [0.25, 0.3) is 5.76 Å². The van der Waals surface area contributed by atoms with E-state index in [-0.39, 0.29) is 11.3 Å². The standard InChI is InChI=1S/C24H25N3O6/c1-32-24(31)18-4-2-16(3-5-18)20-19(21(28)17-6-8-25-9-7-17)22(29)23(30)27(20)11-10-26-12-14-33-15-13-26/h2-9,20,28H,10-15H2,1H3/b21-19+. The third-order valence-corrected chi connectivity index (χ3v) is 5.90. The van der Waals surface area contributed by atoms with Crippen molar-refractivity contribution in [3.8, 4) is 0 Å².